The highest BCUT2D eigenvalue weighted by Crippen LogP contribution is 2.34. The van der Waals surface area contributed by atoms with Crippen molar-refractivity contribution in [2.24, 2.45) is 5.41 Å². The van der Waals surface area contributed by atoms with Crippen molar-refractivity contribution < 1.29 is 4.74 Å². The molecule has 0 aliphatic rings. The molecule has 0 aromatic carbocycles. The predicted octanol–water partition coefficient (Wildman–Crippen LogP) is 3.73. The molecule has 1 rings (SSSR count). The third-order valence-corrected chi connectivity index (χ3v) is 2.78. The van der Waals surface area contributed by atoms with Crippen molar-refractivity contribution in [3.05, 3.63) is 17.6 Å². The third kappa shape index (κ3) is 4.78. The largest absolute Gasteiger partial charge is 0.370 e. The zero-order valence-electron chi connectivity index (χ0n) is 13.1. The number of aryl methyl sites for hydroxylation is 1. The van der Waals surface area contributed by atoms with Crippen LogP contribution in [0.25, 0.3) is 0 Å². The number of nitrogens with zero attached hydrogens (tertiary/aromatic N) is 2. The van der Waals surface area contributed by atoms with Crippen LogP contribution in [0.1, 0.15) is 58.7 Å². The zero-order valence-corrected chi connectivity index (χ0v) is 13.1. The molecule has 19 heavy (non-hydrogen) atoms. The van der Waals surface area contributed by atoms with E-state index >= 15 is 0 Å². The van der Waals surface area contributed by atoms with Gasteiger partial charge in [-0.05, 0) is 25.7 Å². The Kier molecular flexibility index (Phi) is 5.73. The van der Waals surface area contributed by atoms with Crippen LogP contribution in [0, 0.1) is 12.3 Å². The summed E-state index contributed by atoms with van der Waals surface area (Å²) in [4.78, 5) is 9.16. The number of aromatic nitrogens is 2. The number of rotatable bonds is 6. The average molecular weight is 265 g/mol. The van der Waals surface area contributed by atoms with Gasteiger partial charge in [-0.2, -0.15) is 0 Å². The molecule has 0 amide bonds. The van der Waals surface area contributed by atoms with E-state index in [-0.39, 0.29) is 11.5 Å². The summed E-state index contributed by atoms with van der Waals surface area (Å²) in [6.45, 7) is 14.2. The van der Waals surface area contributed by atoms with Crippen molar-refractivity contribution in [3.63, 3.8) is 0 Å². The van der Waals surface area contributed by atoms with Crippen molar-refractivity contribution in [1.29, 1.82) is 0 Å². The van der Waals surface area contributed by atoms with E-state index in [0.717, 1.165) is 30.3 Å². The van der Waals surface area contributed by atoms with Gasteiger partial charge in [0.15, 0.2) is 5.82 Å². The summed E-state index contributed by atoms with van der Waals surface area (Å²) in [6, 6.07) is 1.98. The summed E-state index contributed by atoms with van der Waals surface area (Å²) in [7, 11) is 0. The molecular formula is C15H27N3O. The van der Waals surface area contributed by atoms with Gasteiger partial charge in [0.2, 0.25) is 0 Å². The third-order valence-electron chi connectivity index (χ3n) is 2.78. The Balaban J connectivity index is 3.05. The van der Waals surface area contributed by atoms with Gasteiger partial charge in [0.1, 0.15) is 11.9 Å². The highest BCUT2D eigenvalue weighted by Gasteiger charge is 2.29. The maximum absolute atomic E-state index is 5.85. The Morgan fingerprint density at radius 2 is 1.95 bits per heavy atom. The Morgan fingerprint density at radius 3 is 2.47 bits per heavy atom. The van der Waals surface area contributed by atoms with Gasteiger partial charge >= 0.3 is 0 Å². The molecule has 0 fully saturated rings. The molecule has 1 aromatic rings. The highest BCUT2D eigenvalue weighted by atomic mass is 16.5. The fraction of sp³-hybridized carbons (Fsp3) is 0.733. The molecule has 108 valence electrons. The van der Waals surface area contributed by atoms with E-state index in [1.165, 1.54) is 0 Å². The van der Waals surface area contributed by atoms with Gasteiger partial charge in [-0.15, -0.1) is 0 Å². The van der Waals surface area contributed by atoms with Crippen LogP contribution in [0.15, 0.2) is 6.07 Å². The first kappa shape index (κ1) is 15.9. The van der Waals surface area contributed by atoms with E-state index in [4.69, 9.17) is 4.74 Å². The first-order valence-electron chi connectivity index (χ1n) is 7.09. The monoisotopic (exact) mass is 265 g/mol. The van der Waals surface area contributed by atoms with Gasteiger partial charge in [-0.25, -0.2) is 9.97 Å². The Hall–Kier alpha value is -1.16. The predicted molar refractivity (Wildman–Crippen MR) is 79.4 cm³/mol. The van der Waals surface area contributed by atoms with Crippen molar-refractivity contribution in [2.75, 3.05) is 18.5 Å². The topological polar surface area (TPSA) is 47.0 Å². The molecule has 0 aliphatic carbocycles. The first-order valence-corrected chi connectivity index (χ1v) is 7.09. The molecule has 1 unspecified atom stereocenters. The second-order valence-corrected chi connectivity index (χ2v) is 5.88. The van der Waals surface area contributed by atoms with E-state index < -0.39 is 0 Å². The van der Waals surface area contributed by atoms with Gasteiger partial charge in [-0.1, -0.05) is 27.7 Å². The zero-order chi connectivity index (χ0) is 14.5. The first-order chi connectivity index (χ1) is 8.88. The summed E-state index contributed by atoms with van der Waals surface area (Å²) >= 11 is 0. The van der Waals surface area contributed by atoms with E-state index in [9.17, 15) is 0 Å². The molecule has 1 heterocycles. The summed E-state index contributed by atoms with van der Waals surface area (Å²) in [5.74, 6) is 1.66. The molecule has 0 spiro atoms. The number of nitrogens with one attached hydrogen (secondary N) is 1. The quantitative estimate of drug-likeness (QED) is 0.851. The van der Waals surface area contributed by atoms with E-state index in [1.807, 2.05) is 19.9 Å². The second kappa shape index (κ2) is 6.85. The van der Waals surface area contributed by atoms with Crippen LogP contribution in [-0.4, -0.2) is 23.1 Å². The fourth-order valence-corrected chi connectivity index (χ4v) is 1.93. The van der Waals surface area contributed by atoms with Gasteiger partial charge in [0.25, 0.3) is 0 Å². The molecule has 1 N–H and O–H groups in total. The average Bonchev–Trinajstić information content (AvgIpc) is 2.31. The number of ether oxygens (including phenoxy) is 1. The van der Waals surface area contributed by atoms with E-state index in [2.05, 4.69) is 43.0 Å². The molecular weight excluding hydrogens is 238 g/mol. The molecule has 0 aliphatic heterocycles. The standard InChI is InChI=1S/C15H27N3O/c1-7-9-16-12-10-11(3)17-14(18-12)13(19-8-2)15(4,5)6/h10,13H,7-9H2,1-6H3,(H,16,17,18). The van der Waals surface area contributed by atoms with Crippen molar-refractivity contribution in [3.8, 4) is 0 Å². The SMILES string of the molecule is CCCNc1cc(C)nc(C(OCC)C(C)(C)C)n1. The normalized spacial score (nSPS) is 13.4. The number of hydrogen-bond donors (Lipinski definition) is 1. The Bertz CT molecular complexity index is 399. The molecule has 0 radical (unpaired) electrons. The van der Waals surface area contributed by atoms with Crippen LogP contribution < -0.4 is 5.32 Å². The van der Waals surface area contributed by atoms with Gasteiger partial charge in [-0.3, -0.25) is 0 Å². The lowest BCUT2D eigenvalue weighted by Crippen LogP contribution is -2.24. The van der Waals surface area contributed by atoms with E-state index in [1.54, 1.807) is 0 Å². The number of anilines is 1. The van der Waals surface area contributed by atoms with Crippen LogP contribution in [0.5, 0.6) is 0 Å². The van der Waals surface area contributed by atoms with Crippen LogP contribution in [0.4, 0.5) is 5.82 Å². The summed E-state index contributed by atoms with van der Waals surface area (Å²) in [5.41, 5.74) is 0.948. The van der Waals surface area contributed by atoms with Crippen LogP contribution in [-0.2, 0) is 4.74 Å². The maximum atomic E-state index is 5.85. The van der Waals surface area contributed by atoms with Crippen molar-refractivity contribution >= 4 is 5.82 Å². The Morgan fingerprint density at radius 1 is 1.26 bits per heavy atom. The number of hydrogen-bond acceptors (Lipinski definition) is 4. The highest BCUT2D eigenvalue weighted by molar-refractivity contribution is 5.36. The molecule has 1 atom stereocenters. The molecule has 0 bridgehead atoms. The maximum Gasteiger partial charge on any atom is 0.160 e. The fourth-order valence-electron chi connectivity index (χ4n) is 1.93. The molecule has 0 saturated heterocycles. The van der Waals surface area contributed by atoms with Gasteiger partial charge in [0.05, 0.1) is 0 Å². The van der Waals surface area contributed by atoms with Crippen LogP contribution in [0.2, 0.25) is 0 Å². The smallest absolute Gasteiger partial charge is 0.160 e. The van der Waals surface area contributed by atoms with Crippen LogP contribution >= 0.6 is 0 Å². The molecule has 0 saturated carbocycles. The van der Waals surface area contributed by atoms with Gasteiger partial charge < -0.3 is 10.1 Å². The van der Waals surface area contributed by atoms with Crippen LogP contribution in [0.3, 0.4) is 0 Å². The summed E-state index contributed by atoms with van der Waals surface area (Å²) in [5, 5.41) is 3.32. The minimum Gasteiger partial charge on any atom is -0.370 e. The van der Waals surface area contributed by atoms with Gasteiger partial charge in [0, 0.05) is 24.9 Å². The lowest BCUT2D eigenvalue weighted by molar-refractivity contribution is -0.0191. The lowest BCUT2D eigenvalue weighted by atomic mass is 9.88. The minimum absolute atomic E-state index is 0.0220. The lowest BCUT2D eigenvalue weighted by Gasteiger charge is -2.29. The Labute approximate surface area is 117 Å². The second-order valence-electron chi connectivity index (χ2n) is 5.88. The van der Waals surface area contributed by atoms with Crippen molar-refractivity contribution in [2.45, 2.75) is 54.1 Å². The molecule has 4 nitrogen and oxygen atoms in total. The molecule has 4 heteroatoms. The summed E-state index contributed by atoms with van der Waals surface area (Å²) in [6.07, 6.45) is 0.992. The minimum atomic E-state index is -0.0837. The van der Waals surface area contributed by atoms with Crippen molar-refractivity contribution in [1.82, 2.24) is 9.97 Å². The summed E-state index contributed by atoms with van der Waals surface area (Å²) < 4.78 is 5.85. The molecule has 1 aromatic heterocycles. The van der Waals surface area contributed by atoms with E-state index in [0.29, 0.717) is 6.61 Å².